The van der Waals surface area contributed by atoms with Crippen molar-refractivity contribution >= 4 is 5.97 Å². The maximum absolute atomic E-state index is 10.9. The second-order valence-corrected chi connectivity index (χ2v) is 5.32. The third-order valence-corrected chi connectivity index (χ3v) is 3.77. The summed E-state index contributed by atoms with van der Waals surface area (Å²) in [6, 6.07) is 0.581. The molecule has 17 heavy (non-hydrogen) atoms. The molecule has 0 bridgehead atoms. The molecular weight excluding hydrogens is 218 g/mol. The summed E-state index contributed by atoms with van der Waals surface area (Å²) in [7, 11) is 2.15. The number of likely N-dealkylation sites (N-methyl/N-ethyl adjacent to an activating group) is 1. The van der Waals surface area contributed by atoms with Crippen molar-refractivity contribution in [2.75, 3.05) is 33.2 Å². The molecule has 1 aliphatic heterocycles. The quantitative estimate of drug-likeness (QED) is 0.722. The zero-order valence-corrected chi connectivity index (χ0v) is 11.1. The van der Waals surface area contributed by atoms with E-state index in [4.69, 9.17) is 10.8 Å². The number of carboxylic acid groups (broad SMARTS) is 1. The van der Waals surface area contributed by atoms with Crippen molar-refractivity contribution in [2.24, 2.45) is 5.73 Å². The summed E-state index contributed by atoms with van der Waals surface area (Å²) in [5, 5.41) is 8.96. The van der Waals surface area contributed by atoms with Crippen LogP contribution in [0.2, 0.25) is 0 Å². The van der Waals surface area contributed by atoms with Gasteiger partial charge >= 0.3 is 5.97 Å². The number of rotatable bonds is 5. The van der Waals surface area contributed by atoms with Crippen LogP contribution in [0.15, 0.2) is 0 Å². The summed E-state index contributed by atoms with van der Waals surface area (Å²) in [4.78, 5) is 15.6. The molecule has 0 aromatic rings. The number of nitrogens with zero attached hydrogens (tertiary/aromatic N) is 2. The summed E-state index contributed by atoms with van der Waals surface area (Å²) < 4.78 is 0. The first-order chi connectivity index (χ1) is 7.86. The molecule has 100 valence electrons. The topological polar surface area (TPSA) is 69.8 Å². The molecule has 1 heterocycles. The van der Waals surface area contributed by atoms with Gasteiger partial charge < -0.3 is 20.6 Å². The standard InChI is InChI=1S/C12H25N3O2/c1-4-10-9-15(8-7-14(10)3)6-5-12(2,13)11(16)17/h10H,4-9,13H2,1-3H3,(H,16,17). The third kappa shape index (κ3) is 3.94. The van der Waals surface area contributed by atoms with Crippen LogP contribution in [0, 0.1) is 0 Å². The van der Waals surface area contributed by atoms with Crippen molar-refractivity contribution in [3.8, 4) is 0 Å². The Morgan fingerprint density at radius 1 is 1.53 bits per heavy atom. The highest BCUT2D eigenvalue weighted by Gasteiger charge is 2.30. The number of carbonyl (C=O) groups is 1. The third-order valence-electron chi connectivity index (χ3n) is 3.77. The lowest BCUT2D eigenvalue weighted by molar-refractivity contribution is -0.143. The Morgan fingerprint density at radius 2 is 2.18 bits per heavy atom. The van der Waals surface area contributed by atoms with Gasteiger partial charge in [0.05, 0.1) is 0 Å². The summed E-state index contributed by atoms with van der Waals surface area (Å²) in [5.41, 5.74) is 4.63. The van der Waals surface area contributed by atoms with Gasteiger partial charge in [0, 0.05) is 32.2 Å². The molecule has 3 N–H and O–H groups in total. The van der Waals surface area contributed by atoms with Crippen molar-refractivity contribution < 1.29 is 9.90 Å². The van der Waals surface area contributed by atoms with E-state index in [9.17, 15) is 4.79 Å². The van der Waals surface area contributed by atoms with Gasteiger partial charge in [0.2, 0.25) is 0 Å². The second kappa shape index (κ2) is 5.80. The van der Waals surface area contributed by atoms with Crippen molar-refractivity contribution in [1.29, 1.82) is 0 Å². The van der Waals surface area contributed by atoms with Gasteiger partial charge in [-0.15, -0.1) is 0 Å². The van der Waals surface area contributed by atoms with Gasteiger partial charge in [-0.05, 0) is 26.8 Å². The highest BCUT2D eigenvalue weighted by molar-refractivity contribution is 5.77. The normalized spacial score (nSPS) is 26.7. The summed E-state index contributed by atoms with van der Waals surface area (Å²) >= 11 is 0. The largest absolute Gasteiger partial charge is 0.480 e. The van der Waals surface area contributed by atoms with Crippen LogP contribution in [0.5, 0.6) is 0 Å². The Bertz CT molecular complexity index is 268. The Labute approximate surface area is 104 Å². The Balaban J connectivity index is 2.41. The SMILES string of the molecule is CCC1CN(CCC(C)(N)C(=O)O)CCN1C. The Hall–Kier alpha value is -0.650. The number of aliphatic carboxylic acids is 1. The molecule has 0 aliphatic carbocycles. The van der Waals surface area contributed by atoms with Crippen LogP contribution < -0.4 is 5.73 Å². The number of hydrogen-bond acceptors (Lipinski definition) is 4. The fraction of sp³-hybridized carbons (Fsp3) is 0.917. The van der Waals surface area contributed by atoms with E-state index >= 15 is 0 Å². The lowest BCUT2D eigenvalue weighted by Gasteiger charge is -2.39. The highest BCUT2D eigenvalue weighted by Crippen LogP contribution is 2.13. The van der Waals surface area contributed by atoms with Crippen molar-refractivity contribution in [3.63, 3.8) is 0 Å². The van der Waals surface area contributed by atoms with Crippen LogP contribution in [0.3, 0.4) is 0 Å². The van der Waals surface area contributed by atoms with Gasteiger partial charge in [0.1, 0.15) is 5.54 Å². The first-order valence-electron chi connectivity index (χ1n) is 6.31. The van der Waals surface area contributed by atoms with E-state index in [1.807, 2.05) is 0 Å². The molecule has 0 aromatic heterocycles. The summed E-state index contributed by atoms with van der Waals surface area (Å²) in [6.07, 6.45) is 1.63. The predicted octanol–water partition coefficient (Wildman–Crippen LogP) is 0.205. The first-order valence-corrected chi connectivity index (χ1v) is 6.31. The predicted molar refractivity (Wildman–Crippen MR) is 68.0 cm³/mol. The van der Waals surface area contributed by atoms with E-state index in [1.165, 1.54) is 0 Å². The molecule has 0 radical (unpaired) electrons. The molecule has 0 spiro atoms. The van der Waals surface area contributed by atoms with Crippen LogP contribution >= 0.6 is 0 Å². The van der Waals surface area contributed by atoms with Crippen molar-refractivity contribution in [1.82, 2.24) is 9.80 Å². The highest BCUT2D eigenvalue weighted by atomic mass is 16.4. The molecule has 1 saturated heterocycles. The van der Waals surface area contributed by atoms with Gasteiger partial charge in [-0.1, -0.05) is 6.92 Å². The minimum atomic E-state index is -1.11. The molecule has 2 atom stereocenters. The number of hydrogen-bond donors (Lipinski definition) is 2. The van der Waals surface area contributed by atoms with Crippen LogP contribution in [0.1, 0.15) is 26.7 Å². The fourth-order valence-electron chi connectivity index (χ4n) is 2.15. The maximum Gasteiger partial charge on any atom is 0.323 e. The van der Waals surface area contributed by atoms with Crippen LogP contribution in [0.25, 0.3) is 0 Å². The molecule has 5 heteroatoms. The molecule has 1 aliphatic rings. The lowest BCUT2D eigenvalue weighted by Crippen LogP contribution is -2.53. The van der Waals surface area contributed by atoms with Gasteiger partial charge in [-0.25, -0.2) is 0 Å². The molecule has 5 nitrogen and oxygen atoms in total. The maximum atomic E-state index is 10.9. The van der Waals surface area contributed by atoms with Crippen LogP contribution in [-0.4, -0.2) is 65.7 Å². The average Bonchev–Trinajstić information content (AvgIpc) is 2.28. The van der Waals surface area contributed by atoms with E-state index in [1.54, 1.807) is 6.92 Å². The number of nitrogens with two attached hydrogens (primary N) is 1. The molecule has 2 unspecified atom stereocenters. The van der Waals surface area contributed by atoms with Crippen molar-refractivity contribution in [3.05, 3.63) is 0 Å². The molecule has 0 aromatic carbocycles. The lowest BCUT2D eigenvalue weighted by atomic mass is 9.99. The first kappa shape index (κ1) is 14.4. The summed E-state index contributed by atoms with van der Waals surface area (Å²) in [5.74, 6) is -0.918. The van der Waals surface area contributed by atoms with Crippen molar-refractivity contribution in [2.45, 2.75) is 38.3 Å². The molecular formula is C12H25N3O2. The average molecular weight is 243 g/mol. The molecule has 1 fully saturated rings. The second-order valence-electron chi connectivity index (χ2n) is 5.32. The number of carboxylic acids is 1. The minimum absolute atomic E-state index is 0.502. The monoisotopic (exact) mass is 243 g/mol. The summed E-state index contributed by atoms with van der Waals surface area (Å²) in [6.45, 7) is 7.61. The van der Waals surface area contributed by atoms with E-state index in [2.05, 4.69) is 23.8 Å². The zero-order valence-electron chi connectivity index (χ0n) is 11.1. The van der Waals surface area contributed by atoms with Gasteiger partial charge in [0.25, 0.3) is 0 Å². The molecule has 0 amide bonds. The van der Waals surface area contributed by atoms with Crippen LogP contribution in [-0.2, 0) is 4.79 Å². The smallest absolute Gasteiger partial charge is 0.323 e. The van der Waals surface area contributed by atoms with E-state index in [-0.39, 0.29) is 0 Å². The van der Waals surface area contributed by atoms with Crippen LogP contribution in [0.4, 0.5) is 0 Å². The zero-order chi connectivity index (χ0) is 13.1. The fourth-order valence-corrected chi connectivity index (χ4v) is 2.15. The van der Waals surface area contributed by atoms with Gasteiger partial charge in [-0.2, -0.15) is 0 Å². The number of piperazine rings is 1. The Morgan fingerprint density at radius 3 is 2.71 bits per heavy atom. The van der Waals surface area contributed by atoms with Gasteiger partial charge in [0.15, 0.2) is 0 Å². The van der Waals surface area contributed by atoms with E-state index < -0.39 is 11.5 Å². The van der Waals surface area contributed by atoms with E-state index in [0.29, 0.717) is 12.5 Å². The minimum Gasteiger partial charge on any atom is -0.480 e. The molecule has 1 rings (SSSR count). The van der Waals surface area contributed by atoms with Gasteiger partial charge in [-0.3, -0.25) is 4.79 Å². The molecule has 0 saturated carbocycles. The Kier molecular flexibility index (Phi) is 4.91. The van der Waals surface area contributed by atoms with E-state index in [0.717, 1.165) is 32.6 Å².